The van der Waals surface area contributed by atoms with Gasteiger partial charge in [-0.1, -0.05) is 96.6 Å². The van der Waals surface area contributed by atoms with Crippen molar-refractivity contribution in [3.8, 4) is 0 Å². The molecule has 0 aromatic carbocycles. The highest BCUT2D eigenvalue weighted by Gasteiger charge is 1.96. The van der Waals surface area contributed by atoms with Crippen LogP contribution in [-0.4, -0.2) is 0 Å². The van der Waals surface area contributed by atoms with Crippen LogP contribution in [0.25, 0.3) is 0 Å². The lowest BCUT2D eigenvalue weighted by Gasteiger charge is -2.06. The van der Waals surface area contributed by atoms with Crippen LogP contribution in [0.5, 0.6) is 0 Å². The van der Waals surface area contributed by atoms with Crippen LogP contribution in [0.4, 0.5) is 0 Å². The van der Waals surface area contributed by atoms with Crippen LogP contribution in [-0.2, 0) is 0 Å². The molecule has 0 atom stereocenters. The van der Waals surface area contributed by atoms with E-state index < -0.39 is 0 Å². The van der Waals surface area contributed by atoms with Gasteiger partial charge < -0.3 is 0 Å². The van der Waals surface area contributed by atoms with Gasteiger partial charge in [-0.25, -0.2) is 0 Å². The Hall–Kier alpha value is -0.260. The molecule has 0 saturated carbocycles. The van der Waals surface area contributed by atoms with E-state index in [1.807, 2.05) is 0 Å². The van der Waals surface area contributed by atoms with Crippen LogP contribution >= 0.6 is 0 Å². The summed E-state index contributed by atoms with van der Waals surface area (Å²) in [6.07, 6.45) is 20.3. The molecule has 0 rings (SSSR count). The van der Waals surface area contributed by atoms with E-state index in [0.717, 1.165) is 6.42 Å². The molecule has 0 heterocycles. The predicted molar refractivity (Wildman–Crippen MR) is 89.4 cm³/mol. The van der Waals surface area contributed by atoms with E-state index in [2.05, 4.69) is 20.4 Å². The summed E-state index contributed by atoms with van der Waals surface area (Å²) in [6, 6.07) is 0. The molecular weight excluding hydrogens is 228 g/mol. The predicted octanol–water partition coefficient (Wildman–Crippen LogP) is 7.25. The Morgan fingerprint density at radius 1 is 0.632 bits per heavy atom. The molecule has 0 spiro atoms. The minimum atomic E-state index is 1.11. The fourth-order valence-electron chi connectivity index (χ4n) is 2.54. The zero-order valence-electron chi connectivity index (χ0n) is 13.5. The molecule has 0 fully saturated rings. The molecule has 0 unspecified atom stereocenters. The second kappa shape index (κ2) is 15.8. The topological polar surface area (TPSA) is 0 Å². The van der Waals surface area contributed by atoms with Crippen LogP contribution in [0, 0.1) is 6.92 Å². The van der Waals surface area contributed by atoms with E-state index in [1.165, 1.54) is 95.5 Å². The third-order valence-corrected chi connectivity index (χ3v) is 3.91. The number of hydrogen-bond acceptors (Lipinski definition) is 0. The Morgan fingerprint density at radius 2 is 1.05 bits per heavy atom. The van der Waals surface area contributed by atoms with Crippen molar-refractivity contribution >= 4 is 0 Å². The number of hydrogen-bond donors (Lipinski definition) is 0. The number of allylic oxidation sites excluding steroid dienone is 1. The van der Waals surface area contributed by atoms with Crippen molar-refractivity contribution in [2.75, 3.05) is 0 Å². The number of unbranched alkanes of at least 4 members (excludes halogenated alkanes) is 11. The second-order valence-corrected chi connectivity index (χ2v) is 5.99. The Kier molecular flexibility index (Phi) is 15.6. The summed E-state index contributed by atoms with van der Waals surface area (Å²) in [5.41, 5.74) is 1.49. The van der Waals surface area contributed by atoms with Gasteiger partial charge in [0.2, 0.25) is 0 Å². The van der Waals surface area contributed by atoms with Gasteiger partial charge in [-0.05, 0) is 25.7 Å². The lowest BCUT2D eigenvalue weighted by atomic mass is 10.0. The average Bonchev–Trinajstić information content (AvgIpc) is 2.42. The molecule has 0 aliphatic heterocycles. The first-order chi connectivity index (χ1) is 9.31. The highest BCUT2D eigenvalue weighted by molar-refractivity contribution is 4.93. The fourth-order valence-corrected chi connectivity index (χ4v) is 2.54. The lowest BCUT2D eigenvalue weighted by Crippen LogP contribution is -1.86. The van der Waals surface area contributed by atoms with E-state index in [-0.39, 0.29) is 0 Å². The van der Waals surface area contributed by atoms with Gasteiger partial charge in [0, 0.05) is 0 Å². The first-order valence-corrected chi connectivity index (χ1v) is 8.77. The average molecular weight is 266 g/mol. The summed E-state index contributed by atoms with van der Waals surface area (Å²) in [5.74, 6) is 0. The van der Waals surface area contributed by atoms with Crippen LogP contribution in [0.15, 0.2) is 12.2 Å². The Morgan fingerprint density at radius 3 is 1.53 bits per heavy atom. The first kappa shape index (κ1) is 18.7. The minimum Gasteiger partial charge on any atom is -0.0999 e. The van der Waals surface area contributed by atoms with Crippen LogP contribution < -0.4 is 0 Å². The van der Waals surface area contributed by atoms with Gasteiger partial charge >= 0.3 is 0 Å². The molecule has 0 aromatic rings. The normalized spacial score (nSPS) is 10.8. The Balaban J connectivity index is 3.10. The highest BCUT2D eigenvalue weighted by Crippen LogP contribution is 2.16. The minimum absolute atomic E-state index is 1.11. The van der Waals surface area contributed by atoms with E-state index in [4.69, 9.17) is 0 Å². The molecule has 0 heteroatoms. The van der Waals surface area contributed by atoms with Crippen molar-refractivity contribution in [2.24, 2.45) is 0 Å². The monoisotopic (exact) mass is 265 g/mol. The molecular formula is C19H37. The van der Waals surface area contributed by atoms with Gasteiger partial charge in [-0.2, -0.15) is 0 Å². The molecule has 0 N–H and O–H groups in total. The molecule has 113 valence electrons. The largest absolute Gasteiger partial charge is 0.0999 e. The summed E-state index contributed by atoms with van der Waals surface area (Å²) in [4.78, 5) is 0. The van der Waals surface area contributed by atoms with Crippen molar-refractivity contribution in [3.63, 3.8) is 0 Å². The van der Waals surface area contributed by atoms with E-state index in [0.29, 0.717) is 0 Å². The molecule has 0 nitrogen and oxygen atoms in total. The van der Waals surface area contributed by atoms with Crippen LogP contribution in [0.2, 0.25) is 0 Å². The van der Waals surface area contributed by atoms with Crippen molar-refractivity contribution < 1.29 is 0 Å². The molecule has 0 saturated heterocycles. The second-order valence-electron chi connectivity index (χ2n) is 5.99. The van der Waals surface area contributed by atoms with Crippen LogP contribution in [0.1, 0.15) is 103 Å². The van der Waals surface area contributed by atoms with Crippen molar-refractivity contribution in [1.29, 1.82) is 0 Å². The molecule has 19 heavy (non-hydrogen) atoms. The quantitative estimate of drug-likeness (QED) is 0.216. The smallest absolute Gasteiger partial charge is 0.0323 e. The Labute approximate surface area is 123 Å². The third kappa shape index (κ3) is 15.7. The number of rotatable bonds is 15. The van der Waals surface area contributed by atoms with E-state index in [9.17, 15) is 0 Å². The van der Waals surface area contributed by atoms with Crippen molar-refractivity contribution in [1.82, 2.24) is 0 Å². The summed E-state index contributed by atoms with van der Waals surface area (Å²) in [6.45, 7) is 10.4. The maximum absolute atomic E-state index is 4.21. The third-order valence-electron chi connectivity index (χ3n) is 3.91. The highest BCUT2D eigenvalue weighted by atomic mass is 14.0. The van der Waals surface area contributed by atoms with Gasteiger partial charge in [-0.15, -0.1) is 0 Å². The first-order valence-electron chi connectivity index (χ1n) is 8.77. The molecule has 0 bridgehead atoms. The lowest BCUT2D eigenvalue weighted by molar-refractivity contribution is 0.564. The SMILES string of the molecule is [CH2]CCCCCCCCCCC(=C)CCCCCC. The maximum Gasteiger partial charge on any atom is -0.0323 e. The summed E-state index contributed by atoms with van der Waals surface area (Å²) in [5, 5.41) is 0. The van der Waals surface area contributed by atoms with Gasteiger partial charge in [0.15, 0.2) is 0 Å². The van der Waals surface area contributed by atoms with Gasteiger partial charge in [0.05, 0.1) is 0 Å². The fraction of sp³-hybridized carbons (Fsp3) is 0.842. The molecule has 1 radical (unpaired) electrons. The summed E-state index contributed by atoms with van der Waals surface area (Å²) in [7, 11) is 0. The zero-order valence-corrected chi connectivity index (χ0v) is 13.5. The maximum atomic E-state index is 4.21. The Bertz CT molecular complexity index is 180. The van der Waals surface area contributed by atoms with Crippen LogP contribution in [0.3, 0.4) is 0 Å². The van der Waals surface area contributed by atoms with E-state index >= 15 is 0 Å². The summed E-state index contributed by atoms with van der Waals surface area (Å²) < 4.78 is 0. The van der Waals surface area contributed by atoms with E-state index in [1.54, 1.807) is 0 Å². The molecule has 0 aliphatic carbocycles. The van der Waals surface area contributed by atoms with Crippen molar-refractivity contribution in [2.45, 2.75) is 103 Å². The van der Waals surface area contributed by atoms with Gasteiger partial charge in [0.25, 0.3) is 0 Å². The molecule has 0 aliphatic rings. The zero-order chi connectivity index (χ0) is 14.2. The van der Waals surface area contributed by atoms with Gasteiger partial charge in [0.1, 0.15) is 0 Å². The summed E-state index contributed by atoms with van der Waals surface area (Å²) >= 11 is 0. The standard InChI is InChI=1S/C19H37/c1-4-6-8-10-11-12-13-14-16-18-19(3)17-15-9-7-5-2/h1,3-18H2,2H3. The molecule has 0 amide bonds. The van der Waals surface area contributed by atoms with Crippen molar-refractivity contribution in [3.05, 3.63) is 19.1 Å². The van der Waals surface area contributed by atoms with Gasteiger partial charge in [-0.3, -0.25) is 0 Å². The molecule has 0 aromatic heterocycles.